The molecular formula is C17H14K2N4O7. The van der Waals surface area contributed by atoms with Crippen LogP contribution in [0, 0.1) is 10.1 Å². The van der Waals surface area contributed by atoms with Crippen LogP contribution in [0.4, 0.5) is 22.7 Å². The van der Waals surface area contributed by atoms with E-state index in [4.69, 9.17) is 4.74 Å². The number of methoxy groups -OCH3 is 1. The summed E-state index contributed by atoms with van der Waals surface area (Å²) in [5, 5.41) is 40.3. The molecule has 0 aliphatic carbocycles. The fourth-order valence-corrected chi connectivity index (χ4v) is 2.28. The van der Waals surface area contributed by atoms with Gasteiger partial charge in [0.15, 0.2) is 0 Å². The Morgan fingerprint density at radius 3 is 1.93 bits per heavy atom. The number of hydrogen-bond acceptors (Lipinski definition) is 10. The van der Waals surface area contributed by atoms with Crippen molar-refractivity contribution in [2.45, 2.75) is 0 Å². The van der Waals surface area contributed by atoms with Gasteiger partial charge in [-0.3, -0.25) is 10.1 Å². The summed E-state index contributed by atoms with van der Waals surface area (Å²) >= 11 is 0. The Hall–Kier alpha value is -0.747. The third-order valence-electron chi connectivity index (χ3n) is 3.49. The molecule has 0 heterocycles. The van der Waals surface area contributed by atoms with Crippen LogP contribution >= 0.6 is 0 Å². The molecule has 0 bridgehead atoms. The summed E-state index contributed by atoms with van der Waals surface area (Å²) in [5.41, 5.74) is 0.834. The van der Waals surface area contributed by atoms with Gasteiger partial charge in [0.05, 0.1) is 54.1 Å². The minimum absolute atomic E-state index is 0. The van der Waals surface area contributed by atoms with E-state index in [0.29, 0.717) is 11.4 Å². The molecule has 0 amide bonds. The van der Waals surface area contributed by atoms with Crippen molar-refractivity contribution in [1.82, 2.24) is 0 Å². The van der Waals surface area contributed by atoms with E-state index >= 15 is 0 Å². The molecule has 0 saturated carbocycles. The first-order chi connectivity index (χ1) is 13.3. The zero-order valence-electron chi connectivity index (χ0n) is 16.6. The van der Waals surface area contributed by atoms with Gasteiger partial charge in [0.1, 0.15) is 5.75 Å². The zero-order chi connectivity index (χ0) is 20.7. The van der Waals surface area contributed by atoms with E-state index in [1.807, 2.05) is 0 Å². The summed E-state index contributed by atoms with van der Waals surface area (Å²) in [6, 6.07) is 9.76. The van der Waals surface area contributed by atoms with Gasteiger partial charge in [0.25, 0.3) is 5.69 Å². The quantitative estimate of drug-likeness (QED) is 0.154. The van der Waals surface area contributed by atoms with Gasteiger partial charge < -0.3 is 29.4 Å². The molecule has 2 aromatic carbocycles. The summed E-state index contributed by atoms with van der Waals surface area (Å²) in [6.07, 6.45) is 0. The number of nitro benzene ring substituents is 1. The molecule has 30 heavy (non-hydrogen) atoms. The Kier molecular flexibility index (Phi) is 14.0. The van der Waals surface area contributed by atoms with E-state index < -0.39 is 30.0 Å². The molecule has 0 radical (unpaired) electrons. The van der Waals surface area contributed by atoms with Crippen molar-refractivity contribution in [2.24, 2.45) is 10.2 Å². The predicted molar refractivity (Wildman–Crippen MR) is 92.5 cm³/mol. The molecule has 11 nitrogen and oxygen atoms in total. The van der Waals surface area contributed by atoms with E-state index in [1.165, 1.54) is 49.6 Å². The molecule has 0 unspecified atom stereocenters. The maximum absolute atomic E-state index is 10.9. The van der Waals surface area contributed by atoms with Crippen LogP contribution in [-0.2, 0) is 9.59 Å². The second-order valence-electron chi connectivity index (χ2n) is 5.43. The number of rotatable bonds is 9. The second kappa shape index (κ2) is 14.3. The monoisotopic (exact) mass is 464 g/mol. The van der Waals surface area contributed by atoms with Gasteiger partial charge in [-0.1, -0.05) is 0 Å². The van der Waals surface area contributed by atoms with Crippen LogP contribution in [0.2, 0.25) is 0 Å². The fourth-order valence-electron chi connectivity index (χ4n) is 2.28. The van der Waals surface area contributed by atoms with Gasteiger partial charge in [0, 0.05) is 18.2 Å². The average molecular weight is 465 g/mol. The molecule has 0 aliphatic heterocycles. The number of carbonyl (C=O) groups excluding carboxylic acids is 2. The van der Waals surface area contributed by atoms with Crippen molar-refractivity contribution < 1.29 is 132 Å². The first kappa shape index (κ1) is 29.3. The Morgan fingerprint density at radius 1 is 0.967 bits per heavy atom. The predicted octanol–water partition coefficient (Wildman–Crippen LogP) is -5.67. The van der Waals surface area contributed by atoms with E-state index in [-0.39, 0.29) is 120 Å². The van der Waals surface area contributed by atoms with Gasteiger partial charge in [-0.05, 0) is 24.3 Å². The Balaban J connectivity index is 0.00000420. The molecule has 146 valence electrons. The van der Waals surface area contributed by atoms with Crippen LogP contribution < -0.4 is 123 Å². The SMILES string of the molecule is COc1cc(N=Nc2ccc([N+](=O)[O-])cc2)ccc1N(CC(=O)[O-])CC(=O)[O-].[K+].[K+]. The number of ether oxygens (including phenoxy) is 1. The molecular weight excluding hydrogens is 450 g/mol. The number of aliphatic carboxylic acids is 2. The number of azo groups is 1. The standard InChI is InChI=1S/C17H16N4O7.2K/c1-28-15-8-12(19-18-11-2-5-13(6-3-11)21(26)27)4-7-14(15)20(9-16(22)23)10-17(24)25;;/h2-8H,9-10H2,1H3,(H,22,23)(H,24,25);;/q;2*+1/p-2. The molecule has 2 rings (SSSR count). The fraction of sp³-hybridized carbons (Fsp3) is 0.176. The van der Waals surface area contributed by atoms with Crippen LogP contribution in [-0.4, -0.2) is 37.1 Å². The van der Waals surface area contributed by atoms with Crippen molar-refractivity contribution in [2.75, 3.05) is 25.1 Å². The number of carboxylic acid groups (broad SMARTS) is 2. The number of carboxylic acids is 2. The molecule has 13 heteroatoms. The summed E-state index contributed by atoms with van der Waals surface area (Å²) in [5.74, 6) is -2.77. The zero-order valence-corrected chi connectivity index (χ0v) is 22.8. The van der Waals surface area contributed by atoms with E-state index in [1.54, 1.807) is 0 Å². The molecule has 0 aromatic heterocycles. The second-order valence-corrected chi connectivity index (χ2v) is 5.43. The number of nitrogens with zero attached hydrogens (tertiary/aromatic N) is 4. The average Bonchev–Trinajstić information content (AvgIpc) is 2.65. The van der Waals surface area contributed by atoms with Crippen LogP contribution in [0.3, 0.4) is 0 Å². The van der Waals surface area contributed by atoms with Gasteiger partial charge in [-0.25, -0.2) is 0 Å². The number of hydrogen-bond donors (Lipinski definition) is 0. The van der Waals surface area contributed by atoms with Crippen LogP contribution in [0.1, 0.15) is 0 Å². The third-order valence-corrected chi connectivity index (χ3v) is 3.49. The minimum Gasteiger partial charge on any atom is -0.548 e. The first-order valence-corrected chi connectivity index (χ1v) is 7.79. The largest absolute Gasteiger partial charge is 1.00 e. The number of carbonyl (C=O) groups is 2. The summed E-state index contributed by atoms with van der Waals surface area (Å²) in [4.78, 5) is 32.9. The van der Waals surface area contributed by atoms with Gasteiger partial charge in [-0.15, -0.1) is 0 Å². The molecule has 0 spiro atoms. The van der Waals surface area contributed by atoms with E-state index in [0.717, 1.165) is 4.90 Å². The number of anilines is 1. The molecule has 0 fully saturated rings. The molecule has 0 N–H and O–H groups in total. The van der Waals surface area contributed by atoms with Gasteiger partial charge >= 0.3 is 103 Å². The van der Waals surface area contributed by atoms with Gasteiger partial charge in [-0.2, -0.15) is 10.2 Å². The van der Waals surface area contributed by atoms with Crippen molar-refractivity contribution >= 4 is 34.7 Å². The normalized spacial score (nSPS) is 9.90. The smallest absolute Gasteiger partial charge is 0.548 e. The molecule has 0 saturated heterocycles. The van der Waals surface area contributed by atoms with Crippen LogP contribution in [0.15, 0.2) is 52.7 Å². The molecule has 2 aromatic rings. The topological polar surface area (TPSA) is 161 Å². The van der Waals surface area contributed by atoms with Crippen LogP contribution in [0.5, 0.6) is 5.75 Å². The Bertz CT molecular complexity index is 907. The first-order valence-electron chi connectivity index (χ1n) is 7.79. The van der Waals surface area contributed by atoms with E-state index in [2.05, 4.69) is 10.2 Å². The summed E-state index contributed by atoms with van der Waals surface area (Å²) in [6.45, 7) is -1.35. The van der Waals surface area contributed by atoms with Crippen LogP contribution in [0.25, 0.3) is 0 Å². The Morgan fingerprint density at radius 2 is 1.47 bits per heavy atom. The number of non-ortho nitro benzene ring substituents is 1. The van der Waals surface area contributed by atoms with Crippen molar-refractivity contribution in [3.05, 3.63) is 52.6 Å². The van der Waals surface area contributed by atoms with Crippen molar-refractivity contribution in [3.63, 3.8) is 0 Å². The molecule has 0 aliphatic rings. The third kappa shape index (κ3) is 9.17. The number of benzene rings is 2. The summed E-state index contributed by atoms with van der Waals surface area (Å²) in [7, 11) is 1.33. The molecule has 0 atom stereocenters. The van der Waals surface area contributed by atoms with E-state index in [9.17, 15) is 29.9 Å². The minimum atomic E-state index is -1.47. The van der Waals surface area contributed by atoms with Gasteiger partial charge in [0.2, 0.25) is 0 Å². The Labute approximate surface area is 256 Å². The van der Waals surface area contributed by atoms with Crippen molar-refractivity contribution in [3.8, 4) is 5.75 Å². The number of nitro groups is 1. The maximum atomic E-state index is 10.9. The summed E-state index contributed by atoms with van der Waals surface area (Å²) < 4.78 is 5.18. The van der Waals surface area contributed by atoms with Crippen molar-refractivity contribution in [1.29, 1.82) is 0 Å². The maximum Gasteiger partial charge on any atom is 1.00 e.